The molecule has 0 saturated heterocycles. The van der Waals surface area contributed by atoms with Crippen LogP contribution in [-0.4, -0.2) is 34.9 Å². The zero-order valence-corrected chi connectivity index (χ0v) is 21.6. The number of hydrogen-bond acceptors (Lipinski definition) is 5. The highest BCUT2D eigenvalue weighted by atomic mass is 79.9. The van der Waals surface area contributed by atoms with Crippen molar-refractivity contribution in [3.05, 3.63) is 42.2 Å². The van der Waals surface area contributed by atoms with Gasteiger partial charge in [0.25, 0.3) is 0 Å². The SMILES string of the molecule is OCCSc1cc(Br)c(Sc2c(Br)cc(SCCO)cc2Br)c(Br)c1. The molecular formula is C16H14Br4O2S3. The fourth-order valence-electron chi connectivity index (χ4n) is 1.86. The summed E-state index contributed by atoms with van der Waals surface area (Å²) in [6, 6.07) is 8.28. The Morgan fingerprint density at radius 1 is 0.640 bits per heavy atom. The Morgan fingerprint density at radius 3 is 1.24 bits per heavy atom. The molecule has 0 aliphatic heterocycles. The summed E-state index contributed by atoms with van der Waals surface area (Å²) in [7, 11) is 0. The maximum absolute atomic E-state index is 8.98. The van der Waals surface area contributed by atoms with Gasteiger partial charge >= 0.3 is 0 Å². The van der Waals surface area contributed by atoms with E-state index in [0.29, 0.717) is 11.5 Å². The van der Waals surface area contributed by atoms with Crippen LogP contribution < -0.4 is 0 Å². The van der Waals surface area contributed by atoms with Crippen molar-refractivity contribution in [2.75, 3.05) is 24.7 Å². The summed E-state index contributed by atoms with van der Waals surface area (Å²) in [6.07, 6.45) is 0. The van der Waals surface area contributed by atoms with E-state index in [1.54, 1.807) is 35.3 Å². The van der Waals surface area contributed by atoms with Crippen molar-refractivity contribution in [2.24, 2.45) is 0 Å². The van der Waals surface area contributed by atoms with Gasteiger partial charge in [0.2, 0.25) is 0 Å². The summed E-state index contributed by atoms with van der Waals surface area (Å²) in [5, 5.41) is 18.0. The van der Waals surface area contributed by atoms with Crippen LogP contribution in [0.3, 0.4) is 0 Å². The van der Waals surface area contributed by atoms with Gasteiger partial charge in [-0.1, -0.05) is 11.8 Å². The Labute approximate surface area is 193 Å². The van der Waals surface area contributed by atoms with Crippen molar-refractivity contribution in [3.63, 3.8) is 0 Å². The lowest BCUT2D eigenvalue weighted by Crippen LogP contribution is -1.89. The standard InChI is InChI=1S/C16H14Br4O2S3/c17-11-5-9(23-3-1-21)6-12(18)15(11)25-16-13(19)7-10(8-14(16)20)24-4-2-22/h5-8,21-22H,1-4H2. The molecule has 0 radical (unpaired) electrons. The number of thioether (sulfide) groups is 2. The van der Waals surface area contributed by atoms with Crippen LogP contribution in [0.15, 0.2) is 61.7 Å². The average molecular weight is 654 g/mol. The van der Waals surface area contributed by atoms with Gasteiger partial charge in [-0.2, -0.15) is 0 Å². The first-order valence-corrected chi connectivity index (χ1v) is 13.1. The first-order chi connectivity index (χ1) is 12.0. The lowest BCUT2D eigenvalue weighted by molar-refractivity contribution is 0.322. The Bertz CT molecular complexity index is 636. The highest BCUT2D eigenvalue weighted by Crippen LogP contribution is 2.46. The van der Waals surface area contributed by atoms with Gasteiger partial charge in [0.1, 0.15) is 0 Å². The zero-order valence-electron chi connectivity index (χ0n) is 12.8. The first-order valence-electron chi connectivity index (χ1n) is 7.09. The molecule has 2 nitrogen and oxygen atoms in total. The Hall–Kier alpha value is 1.33. The summed E-state index contributed by atoms with van der Waals surface area (Å²) in [5.41, 5.74) is 0. The summed E-state index contributed by atoms with van der Waals surface area (Å²) in [6.45, 7) is 0.327. The van der Waals surface area contributed by atoms with Crippen molar-refractivity contribution in [2.45, 2.75) is 19.6 Å². The molecule has 0 saturated carbocycles. The van der Waals surface area contributed by atoms with Gasteiger partial charge in [-0.25, -0.2) is 0 Å². The van der Waals surface area contributed by atoms with E-state index in [2.05, 4.69) is 88.0 Å². The van der Waals surface area contributed by atoms with E-state index < -0.39 is 0 Å². The molecule has 0 amide bonds. The number of rotatable bonds is 8. The van der Waals surface area contributed by atoms with Gasteiger partial charge in [0, 0.05) is 49.0 Å². The lowest BCUT2D eigenvalue weighted by Gasteiger charge is -2.13. The minimum absolute atomic E-state index is 0.164. The fourth-order valence-corrected chi connectivity index (χ4v) is 8.10. The first kappa shape index (κ1) is 22.6. The third-order valence-electron chi connectivity index (χ3n) is 2.87. The molecule has 0 heterocycles. The molecule has 136 valence electrons. The van der Waals surface area contributed by atoms with Crippen molar-refractivity contribution in [1.29, 1.82) is 0 Å². The summed E-state index contributed by atoms with van der Waals surface area (Å²) >= 11 is 19.5. The maximum Gasteiger partial charge on any atom is 0.0525 e. The quantitative estimate of drug-likeness (QED) is 0.299. The summed E-state index contributed by atoms with van der Waals surface area (Å²) in [5.74, 6) is 1.35. The lowest BCUT2D eigenvalue weighted by atomic mass is 10.4. The fraction of sp³-hybridized carbons (Fsp3) is 0.250. The minimum atomic E-state index is 0.164. The van der Waals surface area contributed by atoms with Crippen molar-refractivity contribution < 1.29 is 10.2 Å². The Kier molecular flexibility index (Phi) is 10.3. The van der Waals surface area contributed by atoms with E-state index in [1.807, 2.05) is 0 Å². The van der Waals surface area contributed by atoms with Crippen molar-refractivity contribution in [1.82, 2.24) is 0 Å². The molecule has 2 rings (SSSR count). The highest BCUT2D eigenvalue weighted by molar-refractivity contribution is 9.11. The zero-order chi connectivity index (χ0) is 18.4. The van der Waals surface area contributed by atoms with Crippen molar-refractivity contribution in [3.8, 4) is 0 Å². The van der Waals surface area contributed by atoms with Gasteiger partial charge in [-0.05, 0) is 88.0 Å². The third-order valence-corrected chi connectivity index (χ3v) is 9.62. The second-order valence-electron chi connectivity index (χ2n) is 4.68. The van der Waals surface area contributed by atoms with Crippen molar-refractivity contribution >= 4 is 99.0 Å². The topological polar surface area (TPSA) is 40.5 Å². The minimum Gasteiger partial charge on any atom is -0.396 e. The van der Waals surface area contributed by atoms with Crippen LogP contribution in [0.5, 0.6) is 0 Å². The predicted octanol–water partition coefficient (Wildman–Crippen LogP) is 7.06. The van der Waals surface area contributed by atoms with Gasteiger partial charge in [0.15, 0.2) is 0 Å². The molecule has 2 aromatic carbocycles. The molecule has 0 bridgehead atoms. The monoisotopic (exact) mass is 650 g/mol. The number of hydrogen-bond donors (Lipinski definition) is 2. The molecule has 2 aromatic rings. The average Bonchev–Trinajstić information content (AvgIpc) is 2.56. The van der Waals surface area contributed by atoms with Crippen LogP contribution in [0, 0.1) is 0 Å². The van der Waals surface area contributed by atoms with E-state index in [9.17, 15) is 0 Å². The molecule has 0 aromatic heterocycles. The molecule has 0 unspecified atom stereocenters. The van der Waals surface area contributed by atoms with Crippen LogP contribution in [0.1, 0.15) is 0 Å². The van der Waals surface area contributed by atoms with Crippen LogP contribution >= 0.6 is 99.0 Å². The molecule has 0 aliphatic carbocycles. The van der Waals surface area contributed by atoms with E-state index >= 15 is 0 Å². The second-order valence-corrected chi connectivity index (χ2v) is 11.5. The van der Waals surface area contributed by atoms with Crippen LogP contribution in [0.4, 0.5) is 0 Å². The van der Waals surface area contributed by atoms with Gasteiger partial charge in [0.05, 0.1) is 13.2 Å². The van der Waals surface area contributed by atoms with Crippen LogP contribution in [0.2, 0.25) is 0 Å². The van der Waals surface area contributed by atoms with Crippen LogP contribution in [0.25, 0.3) is 0 Å². The molecule has 25 heavy (non-hydrogen) atoms. The molecule has 0 fully saturated rings. The smallest absolute Gasteiger partial charge is 0.0525 e. The van der Waals surface area contributed by atoms with Gasteiger partial charge < -0.3 is 10.2 Å². The summed E-state index contributed by atoms with van der Waals surface area (Å²) in [4.78, 5) is 4.38. The molecule has 0 aliphatic rings. The van der Waals surface area contributed by atoms with E-state index in [-0.39, 0.29) is 13.2 Å². The molecular weight excluding hydrogens is 640 g/mol. The largest absolute Gasteiger partial charge is 0.396 e. The normalized spacial score (nSPS) is 11.1. The summed E-state index contributed by atoms with van der Waals surface area (Å²) < 4.78 is 4.02. The third kappa shape index (κ3) is 6.71. The molecule has 9 heteroatoms. The van der Waals surface area contributed by atoms with E-state index in [4.69, 9.17) is 10.2 Å². The molecule has 0 spiro atoms. The Balaban J connectivity index is 2.27. The van der Waals surface area contributed by atoms with Gasteiger partial charge in [-0.3, -0.25) is 0 Å². The highest BCUT2D eigenvalue weighted by Gasteiger charge is 2.15. The van der Waals surface area contributed by atoms with E-state index in [0.717, 1.165) is 37.5 Å². The number of halogens is 4. The van der Waals surface area contributed by atoms with E-state index in [1.165, 1.54) is 0 Å². The predicted molar refractivity (Wildman–Crippen MR) is 123 cm³/mol. The Morgan fingerprint density at radius 2 is 0.960 bits per heavy atom. The maximum atomic E-state index is 8.98. The van der Waals surface area contributed by atoms with Gasteiger partial charge in [-0.15, -0.1) is 23.5 Å². The number of aliphatic hydroxyl groups is 2. The number of aliphatic hydroxyl groups excluding tert-OH is 2. The molecule has 0 atom stereocenters. The number of benzene rings is 2. The molecule has 2 N–H and O–H groups in total. The second kappa shape index (κ2) is 11.4. The van der Waals surface area contributed by atoms with Crippen LogP contribution in [-0.2, 0) is 0 Å².